The highest BCUT2D eigenvalue weighted by molar-refractivity contribution is 8.13. The molecule has 2 rings (SSSR count). The lowest BCUT2D eigenvalue weighted by atomic mass is 10.1. The summed E-state index contributed by atoms with van der Waals surface area (Å²) in [4.78, 5) is 4.44. The maximum absolute atomic E-state index is 5.97. The first-order valence-electron chi connectivity index (χ1n) is 7.27. The van der Waals surface area contributed by atoms with Crippen molar-refractivity contribution in [3.8, 4) is 5.75 Å². The molecule has 0 saturated heterocycles. The van der Waals surface area contributed by atoms with Gasteiger partial charge in [0.1, 0.15) is 5.75 Å². The van der Waals surface area contributed by atoms with Gasteiger partial charge in [0.15, 0.2) is 5.17 Å². The summed E-state index contributed by atoms with van der Waals surface area (Å²) in [6.45, 7) is 6.78. The van der Waals surface area contributed by atoms with Gasteiger partial charge in [-0.25, -0.2) is 4.99 Å². The quantitative estimate of drug-likeness (QED) is 0.506. The van der Waals surface area contributed by atoms with Crippen LogP contribution in [0.4, 0.5) is 5.69 Å². The van der Waals surface area contributed by atoms with Crippen molar-refractivity contribution in [3.63, 3.8) is 0 Å². The number of hydrogen-bond donors (Lipinski definition) is 1. The summed E-state index contributed by atoms with van der Waals surface area (Å²) < 4.78 is 5.69. The fourth-order valence-electron chi connectivity index (χ4n) is 2.19. The van der Waals surface area contributed by atoms with Crippen molar-refractivity contribution in [2.75, 3.05) is 12.4 Å². The maximum Gasteiger partial charge on any atom is 0.159 e. The van der Waals surface area contributed by atoms with E-state index in [1.54, 1.807) is 0 Å². The molecule has 0 aliphatic carbocycles. The zero-order valence-corrected chi connectivity index (χ0v) is 14.1. The second-order valence-corrected chi connectivity index (χ2v) is 6.42. The Balaban J connectivity index is 1.82. The molecule has 0 radical (unpaired) electrons. The molecule has 0 spiro atoms. The van der Waals surface area contributed by atoms with Crippen LogP contribution < -0.4 is 10.5 Å². The molecule has 0 atom stereocenters. The van der Waals surface area contributed by atoms with Gasteiger partial charge in [-0.2, -0.15) is 0 Å². The van der Waals surface area contributed by atoms with Crippen molar-refractivity contribution in [2.45, 2.75) is 20.8 Å². The summed E-state index contributed by atoms with van der Waals surface area (Å²) in [6, 6.07) is 14.2. The molecule has 2 N–H and O–H groups in total. The van der Waals surface area contributed by atoms with E-state index in [2.05, 4.69) is 37.9 Å². The molecule has 0 unspecified atom stereocenters. The average Bonchev–Trinajstić information content (AvgIpc) is 2.42. The van der Waals surface area contributed by atoms with E-state index in [0.29, 0.717) is 11.8 Å². The second kappa shape index (κ2) is 7.90. The number of ether oxygens (including phenoxy) is 1. The molecule has 0 heterocycles. The minimum atomic E-state index is 0.567. The molecule has 2 aromatic rings. The Bertz CT molecular complexity index is 648. The van der Waals surface area contributed by atoms with Crippen molar-refractivity contribution in [1.29, 1.82) is 0 Å². The largest absolute Gasteiger partial charge is 0.493 e. The molecule has 0 amide bonds. The lowest BCUT2D eigenvalue weighted by Gasteiger charge is -2.06. The highest BCUT2D eigenvalue weighted by Gasteiger charge is 1.99. The number of thioether (sulfide) groups is 1. The molecule has 4 heteroatoms. The van der Waals surface area contributed by atoms with Gasteiger partial charge in [0, 0.05) is 5.75 Å². The van der Waals surface area contributed by atoms with Gasteiger partial charge < -0.3 is 10.5 Å². The molecule has 0 aliphatic rings. The molecular weight excluding hydrogens is 292 g/mol. The lowest BCUT2D eigenvalue weighted by Crippen LogP contribution is -2.10. The molecule has 0 aliphatic heterocycles. The highest BCUT2D eigenvalue weighted by Crippen LogP contribution is 2.18. The molecule has 0 bridgehead atoms. The van der Waals surface area contributed by atoms with Crippen LogP contribution >= 0.6 is 11.8 Å². The topological polar surface area (TPSA) is 47.6 Å². The number of aryl methyl sites for hydroxylation is 3. The Morgan fingerprint density at radius 2 is 1.77 bits per heavy atom. The van der Waals surface area contributed by atoms with E-state index < -0.39 is 0 Å². The normalized spacial score (nSPS) is 11.5. The first kappa shape index (κ1) is 16.4. The first-order chi connectivity index (χ1) is 10.5. The SMILES string of the molecule is Cc1cc(C)cc(N=C(N)SCCOc2cccc(C)c2)c1. The van der Waals surface area contributed by atoms with Crippen molar-refractivity contribution in [1.82, 2.24) is 0 Å². The fourth-order valence-corrected chi connectivity index (χ4v) is 2.73. The second-order valence-electron chi connectivity index (χ2n) is 5.31. The Morgan fingerprint density at radius 1 is 1.05 bits per heavy atom. The number of benzene rings is 2. The van der Waals surface area contributed by atoms with Gasteiger partial charge in [-0.1, -0.05) is 30.0 Å². The lowest BCUT2D eigenvalue weighted by molar-refractivity contribution is 0.344. The van der Waals surface area contributed by atoms with E-state index in [1.807, 2.05) is 30.3 Å². The third-order valence-corrected chi connectivity index (χ3v) is 3.80. The van der Waals surface area contributed by atoms with Crippen molar-refractivity contribution in [3.05, 3.63) is 59.2 Å². The van der Waals surface area contributed by atoms with Crippen LogP contribution in [0.1, 0.15) is 16.7 Å². The third-order valence-electron chi connectivity index (χ3n) is 3.04. The molecule has 116 valence electrons. The van der Waals surface area contributed by atoms with Crippen LogP contribution in [-0.2, 0) is 0 Å². The Labute approximate surface area is 136 Å². The monoisotopic (exact) mass is 314 g/mol. The Hall–Kier alpha value is -1.94. The van der Waals surface area contributed by atoms with Gasteiger partial charge in [0.25, 0.3) is 0 Å². The zero-order chi connectivity index (χ0) is 15.9. The molecule has 0 aromatic heterocycles. The number of nitrogens with zero attached hydrogens (tertiary/aromatic N) is 1. The zero-order valence-electron chi connectivity index (χ0n) is 13.3. The predicted octanol–water partition coefficient (Wildman–Crippen LogP) is 4.37. The molecule has 22 heavy (non-hydrogen) atoms. The van der Waals surface area contributed by atoms with E-state index in [0.717, 1.165) is 17.2 Å². The van der Waals surface area contributed by atoms with E-state index in [9.17, 15) is 0 Å². The van der Waals surface area contributed by atoms with Gasteiger partial charge in [0.05, 0.1) is 12.3 Å². The predicted molar refractivity (Wildman–Crippen MR) is 96.3 cm³/mol. The van der Waals surface area contributed by atoms with Crippen LogP contribution in [0, 0.1) is 20.8 Å². The average molecular weight is 314 g/mol. The number of hydrogen-bond acceptors (Lipinski definition) is 3. The fraction of sp³-hybridized carbons (Fsp3) is 0.278. The van der Waals surface area contributed by atoms with Gasteiger partial charge in [-0.3, -0.25) is 0 Å². The Kier molecular flexibility index (Phi) is 5.90. The van der Waals surface area contributed by atoms with Crippen LogP contribution in [0.15, 0.2) is 47.5 Å². The molecule has 0 fully saturated rings. The van der Waals surface area contributed by atoms with Gasteiger partial charge in [-0.15, -0.1) is 0 Å². The van der Waals surface area contributed by atoms with E-state index in [4.69, 9.17) is 10.5 Å². The number of amidine groups is 1. The van der Waals surface area contributed by atoms with Crippen molar-refractivity contribution in [2.24, 2.45) is 10.7 Å². The van der Waals surface area contributed by atoms with Crippen LogP contribution in [-0.4, -0.2) is 17.5 Å². The number of aliphatic imine (C=N–C) groups is 1. The minimum Gasteiger partial charge on any atom is -0.493 e. The minimum absolute atomic E-state index is 0.567. The summed E-state index contributed by atoms with van der Waals surface area (Å²) in [5.41, 5.74) is 10.5. The van der Waals surface area contributed by atoms with Gasteiger partial charge in [0.2, 0.25) is 0 Å². The Morgan fingerprint density at radius 3 is 2.45 bits per heavy atom. The summed E-state index contributed by atoms with van der Waals surface area (Å²) in [5, 5.41) is 0.567. The standard InChI is InChI=1S/C18H22N2OS/c1-13-5-4-6-17(12-13)21-7-8-22-18(19)20-16-10-14(2)9-15(3)11-16/h4-6,9-12H,7-8H2,1-3H3,(H2,19,20). The summed E-state index contributed by atoms with van der Waals surface area (Å²) in [6.07, 6.45) is 0. The smallest absolute Gasteiger partial charge is 0.159 e. The number of rotatable bonds is 5. The molecular formula is C18H22N2OS. The molecule has 3 nitrogen and oxygen atoms in total. The van der Waals surface area contributed by atoms with Crippen LogP contribution in [0.3, 0.4) is 0 Å². The van der Waals surface area contributed by atoms with E-state index in [1.165, 1.54) is 28.5 Å². The molecule has 2 aromatic carbocycles. The van der Waals surface area contributed by atoms with Crippen LogP contribution in [0.25, 0.3) is 0 Å². The maximum atomic E-state index is 5.97. The summed E-state index contributed by atoms with van der Waals surface area (Å²) >= 11 is 1.51. The van der Waals surface area contributed by atoms with Crippen molar-refractivity contribution >= 4 is 22.6 Å². The first-order valence-corrected chi connectivity index (χ1v) is 8.26. The summed E-state index contributed by atoms with van der Waals surface area (Å²) in [5.74, 6) is 1.67. The van der Waals surface area contributed by atoms with Crippen LogP contribution in [0.2, 0.25) is 0 Å². The van der Waals surface area contributed by atoms with E-state index >= 15 is 0 Å². The summed E-state index contributed by atoms with van der Waals surface area (Å²) in [7, 11) is 0. The number of nitrogens with two attached hydrogens (primary N) is 1. The highest BCUT2D eigenvalue weighted by atomic mass is 32.2. The molecule has 0 saturated carbocycles. The van der Waals surface area contributed by atoms with Gasteiger partial charge >= 0.3 is 0 Å². The van der Waals surface area contributed by atoms with Crippen LogP contribution in [0.5, 0.6) is 5.75 Å². The van der Waals surface area contributed by atoms with E-state index in [-0.39, 0.29) is 0 Å². The van der Waals surface area contributed by atoms with Crippen molar-refractivity contribution < 1.29 is 4.74 Å². The van der Waals surface area contributed by atoms with Gasteiger partial charge in [-0.05, 0) is 61.7 Å². The third kappa shape index (κ3) is 5.45.